The van der Waals surface area contributed by atoms with Gasteiger partial charge >= 0.3 is 0 Å². The van der Waals surface area contributed by atoms with Gasteiger partial charge in [-0.25, -0.2) is 0 Å². The van der Waals surface area contributed by atoms with Crippen molar-refractivity contribution in [1.82, 2.24) is 10.6 Å². The van der Waals surface area contributed by atoms with Crippen molar-refractivity contribution in [3.63, 3.8) is 0 Å². The van der Waals surface area contributed by atoms with Gasteiger partial charge in [0.15, 0.2) is 0 Å². The zero-order valence-corrected chi connectivity index (χ0v) is 11.2. The average molecular weight is 262 g/mol. The van der Waals surface area contributed by atoms with E-state index in [4.69, 9.17) is 15.9 Å². The van der Waals surface area contributed by atoms with Gasteiger partial charge in [0.1, 0.15) is 11.5 Å². The van der Waals surface area contributed by atoms with Crippen LogP contribution in [0.3, 0.4) is 0 Å². The van der Waals surface area contributed by atoms with Crippen LogP contribution < -0.4 is 20.1 Å². The van der Waals surface area contributed by atoms with Crippen LogP contribution in [0.15, 0.2) is 18.2 Å². The first kappa shape index (κ1) is 14.9. The summed E-state index contributed by atoms with van der Waals surface area (Å²) in [6.07, 6.45) is 5.07. The number of amides is 1. The van der Waals surface area contributed by atoms with Crippen LogP contribution in [0.2, 0.25) is 0 Å². The van der Waals surface area contributed by atoms with E-state index in [1.54, 1.807) is 26.4 Å². The zero-order valence-electron chi connectivity index (χ0n) is 11.2. The molecule has 5 heteroatoms. The Labute approximate surface area is 113 Å². The van der Waals surface area contributed by atoms with Crippen LogP contribution in [-0.4, -0.2) is 33.2 Å². The monoisotopic (exact) mass is 262 g/mol. The fourth-order valence-corrected chi connectivity index (χ4v) is 1.52. The quantitative estimate of drug-likeness (QED) is 0.556. The average Bonchev–Trinajstić information content (AvgIpc) is 2.45. The number of carbonyl (C=O) groups is 1. The summed E-state index contributed by atoms with van der Waals surface area (Å²) in [5, 5.41) is 5.60. The second kappa shape index (κ2) is 8.01. The van der Waals surface area contributed by atoms with Crippen molar-refractivity contribution in [3.05, 3.63) is 23.8 Å². The molecule has 0 aliphatic carbocycles. The molecule has 0 atom stereocenters. The summed E-state index contributed by atoms with van der Waals surface area (Å²) < 4.78 is 10.4. The highest BCUT2D eigenvalue weighted by molar-refractivity contribution is 5.78. The SMILES string of the molecule is C#CCNCC(=O)NCc1cc(OC)ccc1OC. The zero-order chi connectivity index (χ0) is 14.1. The lowest BCUT2D eigenvalue weighted by atomic mass is 10.2. The minimum absolute atomic E-state index is 0.125. The van der Waals surface area contributed by atoms with Crippen molar-refractivity contribution in [3.8, 4) is 23.8 Å². The molecule has 0 aliphatic rings. The van der Waals surface area contributed by atoms with Gasteiger partial charge < -0.3 is 14.8 Å². The molecule has 1 amide bonds. The van der Waals surface area contributed by atoms with Crippen molar-refractivity contribution in [2.24, 2.45) is 0 Å². The molecule has 0 aromatic heterocycles. The van der Waals surface area contributed by atoms with Crippen LogP contribution in [0.5, 0.6) is 11.5 Å². The molecular weight excluding hydrogens is 244 g/mol. The predicted octanol–water partition coefficient (Wildman–Crippen LogP) is 0.543. The van der Waals surface area contributed by atoms with Crippen molar-refractivity contribution in [2.75, 3.05) is 27.3 Å². The van der Waals surface area contributed by atoms with E-state index >= 15 is 0 Å². The van der Waals surface area contributed by atoms with Crippen molar-refractivity contribution < 1.29 is 14.3 Å². The number of rotatable bonds is 7. The molecule has 0 saturated carbocycles. The maximum absolute atomic E-state index is 11.5. The summed E-state index contributed by atoms with van der Waals surface area (Å²) >= 11 is 0. The van der Waals surface area contributed by atoms with Gasteiger partial charge in [0.2, 0.25) is 5.91 Å². The molecule has 1 aromatic rings. The third-order valence-corrected chi connectivity index (χ3v) is 2.48. The van der Waals surface area contributed by atoms with E-state index in [2.05, 4.69) is 16.6 Å². The summed E-state index contributed by atoms with van der Waals surface area (Å²) in [6.45, 7) is 0.934. The number of carbonyl (C=O) groups excluding carboxylic acids is 1. The molecule has 1 aromatic carbocycles. The Morgan fingerprint density at radius 1 is 1.37 bits per heavy atom. The first-order valence-corrected chi connectivity index (χ1v) is 5.83. The van der Waals surface area contributed by atoms with E-state index < -0.39 is 0 Å². The third-order valence-electron chi connectivity index (χ3n) is 2.48. The van der Waals surface area contributed by atoms with Gasteiger partial charge in [0, 0.05) is 12.1 Å². The van der Waals surface area contributed by atoms with Crippen LogP contribution >= 0.6 is 0 Å². The van der Waals surface area contributed by atoms with E-state index in [1.807, 2.05) is 6.07 Å². The Bertz CT molecular complexity index is 466. The molecule has 0 unspecified atom stereocenters. The molecule has 0 heterocycles. The lowest BCUT2D eigenvalue weighted by Gasteiger charge is -2.11. The second-order valence-corrected chi connectivity index (χ2v) is 3.76. The Morgan fingerprint density at radius 2 is 2.16 bits per heavy atom. The number of methoxy groups -OCH3 is 2. The minimum atomic E-state index is -0.125. The molecule has 2 N–H and O–H groups in total. The minimum Gasteiger partial charge on any atom is -0.497 e. The van der Waals surface area contributed by atoms with Crippen LogP contribution in [0.25, 0.3) is 0 Å². The smallest absolute Gasteiger partial charge is 0.234 e. The standard InChI is InChI=1S/C14H18N2O3/c1-4-7-15-10-14(17)16-9-11-8-12(18-2)5-6-13(11)19-3/h1,5-6,8,15H,7,9-10H2,2-3H3,(H,16,17). The molecule has 0 spiro atoms. The summed E-state index contributed by atoms with van der Waals surface area (Å²) in [5.74, 6) is 3.70. The van der Waals surface area contributed by atoms with Crippen LogP contribution in [0.4, 0.5) is 0 Å². The Kier molecular flexibility index (Phi) is 6.27. The van der Waals surface area contributed by atoms with E-state index in [9.17, 15) is 4.79 Å². The third kappa shape index (κ3) is 4.90. The highest BCUT2D eigenvalue weighted by Crippen LogP contribution is 2.23. The lowest BCUT2D eigenvalue weighted by molar-refractivity contribution is -0.120. The molecule has 5 nitrogen and oxygen atoms in total. The molecule has 1 rings (SSSR count). The molecule has 19 heavy (non-hydrogen) atoms. The van der Waals surface area contributed by atoms with Gasteiger partial charge in [-0.2, -0.15) is 0 Å². The molecule has 0 aliphatic heterocycles. The molecular formula is C14H18N2O3. The van der Waals surface area contributed by atoms with Gasteiger partial charge in [-0.1, -0.05) is 5.92 Å². The number of terminal acetylenes is 1. The molecule has 0 radical (unpaired) electrons. The molecule has 0 saturated heterocycles. The van der Waals surface area contributed by atoms with Crippen LogP contribution in [-0.2, 0) is 11.3 Å². The fourth-order valence-electron chi connectivity index (χ4n) is 1.52. The van der Waals surface area contributed by atoms with Gasteiger partial charge in [0.25, 0.3) is 0 Å². The van der Waals surface area contributed by atoms with E-state index in [-0.39, 0.29) is 12.5 Å². The van der Waals surface area contributed by atoms with E-state index in [0.29, 0.717) is 18.8 Å². The van der Waals surface area contributed by atoms with Gasteiger partial charge in [-0.15, -0.1) is 6.42 Å². The molecule has 0 fully saturated rings. The van der Waals surface area contributed by atoms with Gasteiger partial charge in [-0.3, -0.25) is 10.1 Å². The first-order valence-electron chi connectivity index (χ1n) is 5.83. The van der Waals surface area contributed by atoms with Crippen LogP contribution in [0, 0.1) is 12.3 Å². The topological polar surface area (TPSA) is 59.6 Å². The summed E-state index contributed by atoms with van der Waals surface area (Å²) in [7, 11) is 3.18. The maximum Gasteiger partial charge on any atom is 0.234 e. The van der Waals surface area contributed by atoms with E-state index in [1.165, 1.54) is 0 Å². The number of hydrogen-bond acceptors (Lipinski definition) is 4. The maximum atomic E-state index is 11.5. The Hall–Kier alpha value is -2.19. The summed E-state index contributed by atoms with van der Waals surface area (Å²) in [5.41, 5.74) is 0.854. The molecule has 0 bridgehead atoms. The van der Waals surface area contributed by atoms with E-state index in [0.717, 1.165) is 11.3 Å². The largest absolute Gasteiger partial charge is 0.497 e. The Balaban J connectivity index is 2.56. The second-order valence-electron chi connectivity index (χ2n) is 3.76. The number of nitrogens with one attached hydrogen (secondary N) is 2. The van der Waals surface area contributed by atoms with Crippen LogP contribution in [0.1, 0.15) is 5.56 Å². The predicted molar refractivity (Wildman–Crippen MR) is 73.1 cm³/mol. The van der Waals surface area contributed by atoms with Gasteiger partial charge in [-0.05, 0) is 18.2 Å². The first-order chi connectivity index (χ1) is 9.21. The fraction of sp³-hybridized carbons (Fsp3) is 0.357. The molecule has 102 valence electrons. The number of benzene rings is 1. The normalized spacial score (nSPS) is 9.53. The van der Waals surface area contributed by atoms with Gasteiger partial charge in [0.05, 0.1) is 27.3 Å². The Morgan fingerprint density at radius 3 is 2.79 bits per heavy atom. The summed E-state index contributed by atoms with van der Waals surface area (Å²) in [6, 6.07) is 5.43. The van der Waals surface area contributed by atoms with Crippen molar-refractivity contribution in [1.29, 1.82) is 0 Å². The number of ether oxygens (including phenoxy) is 2. The summed E-state index contributed by atoms with van der Waals surface area (Å²) in [4.78, 5) is 11.5. The van der Waals surface area contributed by atoms with Crippen molar-refractivity contribution >= 4 is 5.91 Å². The van der Waals surface area contributed by atoms with Crippen molar-refractivity contribution in [2.45, 2.75) is 6.54 Å². The number of hydrogen-bond donors (Lipinski definition) is 2. The highest BCUT2D eigenvalue weighted by Gasteiger charge is 2.07. The lowest BCUT2D eigenvalue weighted by Crippen LogP contribution is -2.33. The highest BCUT2D eigenvalue weighted by atomic mass is 16.5.